The molecule has 0 saturated heterocycles. The van der Waals surface area contributed by atoms with Gasteiger partial charge in [0.1, 0.15) is 0 Å². The zero-order valence-corrected chi connectivity index (χ0v) is 12.4. The molecule has 0 aliphatic carbocycles. The molecular weight excluding hydrogens is 248 g/mol. The van der Waals surface area contributed by atoms with Crippen LogP contribution >= 0.6 is 11.3 Å². The zero-order chi connectivity index (χ0) is 13.6. The van der Waals surface area contributed by atoms with Gasteiger partial charge in [0, 0.05) is 12.1 Å². The molecule has 0 aliphatic heterocycles. The van der Waals surface area contributed by atoms with Gasteiger partial charge in [0.25, 0.3) is 5.91 Å². The number of aromatic nitrogens is 2. The number of carbonyl (C=O) groups is 1. The number of amides is 1. The summed E-state index contributed by atoms with van der Waals surface area (Å²) in [5.41, 5.74) is -0.167. The van der Waals surface area contributed by atoms with Crippen LogP contribution in [0, 0.1) is 0 Å². The molecule has 1 aromatic heterocycles. The Bertz CT molecular complexity index is 387. The van der Waals surface area contributed by atoms with Crippen molar-refractivity contribution in [2.45, 2.75) is 52.5 Å². The van der Waals surface area contributed by atoms with Crippen molar-refractivity contribution < 1.29 is 4.79 Å². The quantitative estimate of drug-likeness (QED) is 0.799. The van der Waals surface area contributed by atoms with Gasteiger partial charge in [0.2, 0.25) is 10.1 Å². The molecule has 0 bridgehead atoms. The van der Waals surface area contributed by atoms with Gasteiger partial charge in [0.15, 0.2) is 0 Å². The molecule has 2 N–H and O–H groups in total. The third kappa shape index (κ3) is 3.94. The Morgan fingerprint density at radius 3 is 2.50 bits per heavy atom. The summed E-state index contributed by atoms with van der Waals surface area (Å²) in [6.45, 7) is 9.10. The highest BCUT2D eigenvalue weighted by molar-refractivity contribution is 7.17. The predicted molar refractivity (Wildman–Crippen MR) is 75.1 cm³/mol. The smallest absolute Gasteiger partial charge is 0.282 e. The van der Waals surface area contributed by atoms with Crippen molar-refractivity contribution in [2.24, 2.45) is 0 Å². The molecule has 0 saturated carbocycles. The fourth-order valence-electron chi connectivity index (χ4n) is 1.37. The first-order chi connectivity index (χ1) is 8.54. The molecule has 0 unspecified atom stereocenters. The minimum atomic E-state index is -0.167. The van der Waals surface area contributed by atoms with Crippen LogP contribution in [0.5, 0.6) is 0 Å². The van der Waals surface area contributed by atoms with Gasteiger partial charge in [-0.25, -0.2) is 0 Å². The summed E-state index contributed by atoms with van der Waals surface area (Å²) in [6, 6.07) is 0. The lowest BCUT2D eigenvalue weighted by atomic mass is 9.96. The first kappa shape index (κ1) is 14.9. The summed E-state index contributed by atoms with van der Waals surface area (Å²) < 4.78 is 0. The number of hydrogen-bond donors (Lipinski definition) is 2. The maximum Gasteiger partial charge on any atom is 0.282 e. The van der Waals surface area contributed by atoms with Crippen LogP contribution in [-0.2, 0) is 0 Å². The molecule has 18 heavy (non-hydrogen) atoms. The van der Waals surface area contributed by atoms with Crippen molar-refractivity contribution in [2.75, 3.05) is 11.9 Å². The summed E-state index contributed by atoms with van der Waals surface area (Å²) in [5, 5.41) is 15.1. The minimum absolute atomic E-state index is 0.136. The Kier molecular flexibility index (Phi) is 5.53. The van der Waals surface area contributed by atoms with Gasteiger partial charge in [-0.2, -0.15) is 0 Å². The Morgan fingerprint density at radius 2 is 1.94 bits per heavy atom. The Morgan fingerprint density at radius 1 is 1.28 bits per heavy atom. The fourth-order valence-corrected chi connectivity index (χ4v) is 2.04. The van der Waals surface area contributed by atoms with E-state index in [1.807, 2.05) is 6.92 Å². The summed E-state index contributed by atoms with van der Waals surface area (Å²) in [5.74, 6) is -0.136. The minimum Gasteiger partial charge on any atom is -0.360 e. The maximum atomic E-state index is 12.0. The van der Waals surface area contributed by atoms with Crippen molar-refractivity contribution in [1.82, 2.24) is 15.5 Å². The third-order valence-electron chi connectivity index (χ3n) is 3.12. The van der Waals surface area contributed by atoms with Crippen LogP contribution in [0.25, 0.3) is 0 Å². The molecule has 0 spiro atoms. The van der Waals surface area contributed by atoms with E-state index in [9.17, 15) is 4.79 Å². The molecular formula is C12H22N4OS. The topological polar surface area (TPSA) is 66.9 Å². The number of hydrogen-bond acceptors (Lipinski definition) is 5. The Balaban J connectivity index is 2.64. The fraction of sp³-hybridized carbons (Fsp3) is 0.750. The molecule has 0 aliphatic rings. The summed E-state index contributed by atoms with van der Waals surface area (Å²) in [6.07, 6.45) is 2.81. The zero-order valence-electron chi connectivity index (χ0n) is 11.5. The van der Waals surface area contributed by atoms with Crippen LogP contribution in [0.3, 0.4) is 0 Å². The van der Waals surface area contributed by atoms with Crippen LogP contribution in [0.15, 0.2) is 0 Å². The Hall–Kier alpha value is -1.17. The SMILES string of the molecule is CCCNc1nnc(C(=O)NC(C)(CC)CC)s1. The number of rotatable bonds is 7. The standard InChI is InChI=1S/C12H22N4OS/c1-5-8-13-11-16-15-10(18-11)9(17)14-12(4,6-2)7-3/h5-8H2,1-4H3,(H,13,16)(H,14,17). The van der Waals surface area contributed by atoms with E-state index in [1.165, 1.54) is 11.3 Å². The first-order valence-corrected chi connectivity index (χ1v) is 7.26. The van der Waals surface area contributed by atoms with Crippen molar-refractivity contribution >= 4 is 22.4 Å². The van der Waals surface area contributed by atoms with Crippen molar-refractivity contribution in [3.05, 3.63) is 5.01 Å². The Labute approximate surface area is 112 Å². The van der Waals surface area contributed by atoms with E-state index in [0.717, 1.165) is 25.8 Å². The van der Waals surface area contributed by atoms with Gasteiger partial charge in [-0.15, -0.1) is 10.2 Å². The van der Waals surface area contributed by atoms with E-state index >= 15 is 0 Å². The molecule has 1 rings (SSSR count). The van der Waals surface area contributed by atoms with E-state index in [2.05, 4.69) is 41.6 Å². The van der Waals surface area contributed by atoms with Gasteiger partial charge in [0.05, 0.1) is 0 Å². The lowest BCUT2D eigenvalue weighted by molar-refractivity contribution is 0.0900. The summed E-state index contributed by atoms with van der Waals surface area (Å²) in [7, 11) is 0. The number of anilines is 1. The highest BCUT2D eigenvalue weighted by atomic mass is 32.1. The highest BCUT2D eigenvalue weighted by Crippen LogP contribution is 2.18. The van der Waals surface area contributed by atoms with Gasteiger partial charge in [-0.3, -0.25) is 4.79 Å². The summed E-state index contributed by atoms with van der Waals surface area (Å²) in [4.78, 5) is 12.0. The van der Waals surface area contributed by atoms with Crippen molar-refractivity contribution in [3.8, 4) is 0 Å². The summed E-state index contributed by atoms with van der Waals surface area (Å²) >= 11 is 1.30. The maximum absolute atomic E-state index is 12.0. The third-order valence-corrected chi connectivity index (χ3v) is 4.00. The van der Waals surface area contributed by atoms with Gasteiger partial charge in [-0.1, -0.05) is 32.1 Å². The van der Waals surface area contributed by atoms with Crippen molar-refractivity contribution in [3.63, 3.8) is 0 Å². The number of nitrogens with zero attached hydrogens (tertiary/aromatic N) is 2. The van der Waals surface area contributed by atoms with Gasteiger partial charge >= 0.3 is 0 Å². The number of nitrogens with one attached hydrogen (secondary N) is 2. The molecule has 0 aromatic carbocycles. The second kappa shape index (κ2) is 6.68. The second-order valence-corrected chi connectivity index (χ2v) is 5.54. The van der Waals surface area contributed by atoms with E-state index in [-0.39, 0.29) is 11.4 Å². The molecule has 0 radical (unpaired) electrons. The van der Waals surface area contributed by atoms with Crippen LogP contribution < -0.4 is 10.6 Å². The molecule has 1 amide bonds. The van der Waals surface area contributed by atoms with Gasteiger partial charge in [-0.05, 0) is 26.2 Å². The molecule has 5 nitrogen and oxygen atoms in total. The molecule has 0 atom stereocenters. The monoisotopic (exact) mass is 270 g/mol. The largest absolute Gasteiger partial charge is 0.360 e. The lowest BCUT2D eigenvalue weighted by Crippen LogP contribution is -2.44. The number of carbonyl (C=O) groups excluding carboxylic acids is 1. The van der Waals surface area contributed by atoms with Crippen LogP contribution in [0.1, 0.15) is 56.8 Å². The molecule has 0 fully saturated rings. The molecule has 1 heterocycles. The van der Waals surface area contributed by atoms with E-state index in [4.69, 9.17) is 0 Å². The average Bonchev–Trinajstić information content (AvgIpc) is 2.85. The second-order valence-electron chi connectivity index (χ2n) is 4.56. The molecule has 6 heteroatoms. The van der Waals surface area contributed by atoms with E-state index in [0.29, 0.717) is 10.1 Å². The van der Waals surface area contributed by atoms with E-state index in [1.54, 1.807) is 0 Å². The highest BCUT2D eigenvalue weighted by Gasteiger charge is 2.24. The normalized spacial score (nSPS) is 11.3. The first-order valence-electron chi connectivity index (χ1n) is 6.44. The average molecular weight is 270 g/mol. The van der Waals surface area contributed by atoms with E-state index < -0.39 is 0 Å². The van der Waals surface area contributed by atoms with Gasteiger partial charge < -0.3 is 10.6 Å². The molecule has 1 aromatic rings. The lowest BCUT2D eigenvalue weighted by Gasteiger charge is -2.27. The van der Waals surface area contributed by atoms with Crippen LogP contribution in [-0.4, -0.2) is 28.2 Å². The predicted octanol–water partition coefficient (Wildman–Crippen LogP) is 2.67. The van der Waals surface area contributed by atoms with Crippen LogP contribution in [0.4, 0.5) is 5.13 Å². The molecule has 102 valence electrons. The van der Waals surface area contributed by atoms with Crippen LogP contribution in [0.2, 0.25) is 0 Å². The van der Waals surface area contributed by atoms with Crippen molar-refractivity contribution in [1.29, 1.82) is 0 Å².